The Bertz CT molecular complexity index is 742. The highest BCUT2D eigenvalue weighted by molar-refractivity contribution is 5.28. The summed E-state index contributed by atoms with van der Waals surface area (Å²) >= 11 is 0. The van der Waals surface area contributed by atoms with Crippen LogP contribution in [0.5, 0.6) is 0 Å². The first kappa shape index (κ1) is 27.3. The monoisotopic (exact) mass is 422 g/mol. The number of allylic oxidation sites excluding steroid dienone is 10. The molecule has 1 nitrogen and oxygen atoms in total. The lowest BCUT2D eigenvalue weighted by Gasteiger charge is -2.03. The summed E-state index contributed by atoms with van der Waals surface area (Å²) in [7, 11) is 0. The van der Waals surface area contributed by atoms with Crippen LogP contribution in [0.4, 0.5) is 0 Å². The van der Waals surface area contributed by atoms with Crippen molar-refractivity contribution in [3.8, 4) is 12.3 Å². The fourth-order valence-electron chi connectivity index (χ4n) is 3.60. The average Bonchev–Trinajstić information content (AvgIpc) is 3.32. The average molecular weight is 423 g/mol. The van der Waals surface area contributed by atoms with Crippen LogP contribution in [0, 0.1) is 12.3 Å². The summed E-state index contributed by atoms with van der Waals surface area (Å²) in [5, 5.41) is 0. The summed E-state index contributed by atoms with van der Waals surface area (Å²) in [5.41, 5.74) is 7.01. The van der Waals surface area contributed by atoms with Gasteiger partial charge in [-0.15, -0.1) is 6.42 Å². The zero-order valence-corrected chi connectivity index (χ0v) is 21.3. The van der Waals surface area contributed by atoms with E-state index in [9.17, 15) is 0 Å². The van der Waals surface area contributed by atoms with Gasteiger partial charge in [0.25, 0.3) is 0 Å². The van der Waals surface area contributed by atoms with E-state index in [2.05, 4.69) is 84.8 Å². The Labute approximate surface area is 193 Å². The smallest absolute Gasteiger partial charge is 0.0892 e. The van der Waals surface area contributed by atoms with E-state index in [4.69, 9.17) is 11.2 Å². The molecule has 0 bridgehead atoms. The van der Waals surface area contributed by atoms with Crippen molar-refractivity contribution in [2.75, 3.05) is 0 Å². The molecule has 0 aromatic heterocycles. The third-order valence-corrected chi connectivity index (χ3v) is 5.99. The minimum Gasteiger partial charge on any atom is -0.367 e. The Hall–Kier alpha value is -1.78. The van der Waals surface area contributed by atoms with Crippen LogP contribution in [-0.4, -0.2) is 11.7 Å². The molecular weight excluding hydrogens is 376 g/mol. The molecule has 1 fully saturated rings. The van der Waals surface area contributed by atoms with Gasteiger partial charge in [0.05, 0.1) is 11.7 Å². The maximum absolute atomic E-state index is 5.67. The molecule has 0 N–H and O–H groups in total. The third-order valence-electron chi connectivity index (χ3n) is 5.99. The molecule has 1 heterocycles. The van der Waals surface area contributed by atoms with Crippen LogP contribution < -0.4 is 0 Å². The van der Waals surface area contributed by atoms with Crippen LogP contribution in [0.25, 0.3) is 0 Å². The quantitative estimate of drug-likeness (QED) is 0.118. The van der Waals surface area contributed by atoms with Gasteiger partial charge in [0.1, 0.15) is 0 Å². The van der Waals surface area contributed by atoms with E-state index in [1.807, 2.05) is 0 Å². The highest BCUT2D eigenvalue weighted by Gasteiger charge is 2.46. The molecule has 1 aliphatic rings. The van der Waals surface area contributed by atoms with Gasteiger partial charge in [-0.2, -0.15) is 0 Å². The largest absolute Gasteiger partial charge is 0.367 e. The van der Waals surface area contributed by atoms with Crippen LogP contribution in [0.2, 0.25) is 0 Å². The zero-order chi connectivity index (χ0) is 23.3. The Kier molecular flexibility index (Phi) is 12.6. The molecule has 1 saturated heterocycles. The summed E-state index contributed by atoms with van der Waals surface area (Å²) in [5.74, 6) is 2.82. The predicted molar refractivity (Wildman–Crippen MR) is 138 cm³/mol. The fraction of sp³-hybridized carbons (Fsp3) is 0.600. The Balaban J connectivity index is 2.22. The van der Waals surface area contributed by atoms with Crippen molar-refractivity contribution in [1.82, 2.24) is 0 Å². The first-order chi connectivity index (χ1) is 14.6. The molecule has 1 heteroatoms. The number of hydrogen-bond acceptors (Lipinski definition) is 1. The number of hydrogen-bond donors (Lipinski definition) is 0. The van der Waals surface area contributed by atoms with E-state index < -0.39 is 0 Å². The maximum Gasteiger partial charge on any atom is 0.0892 e. The Morgan fingerprint density at radius 3 is 1.74 bits per heavy atom. The van der Waals surface area contributed by atoms with Gasteiger partial charge in [-0.3, -0.25) is 0 Å². The van der Waals surface area contributed by atoms with E-state index in [1.165, 1.54) is 22.3 Å². The molecule has 0 aromatic rings. The summed E-state index contributed by atoms with van der Waals surface area (Å²) in [6, 6.07) is 0. The van der Waals surface area contributed by atoms with Crippen molar-refractivity contribution in [2.45, 2.75) is 118 Å². The van der Waals surface area contributed by atoms with Crippen LogP contribution >= 0.6 is 0 Å². The topological polar surface area (TPSA) is 12.5 Å². The second-order valence-electron chi connectivity index (χ2n) is 9.91. The Morgan fingerprint density at radius 2 is 1.26 bits per heavy atom. The summed E-state index contributed by atoms with van der Waals surface area (Å²) < 4.78 is 5.67. The fourth-order valence-corrected chi connectivity index (χ4v) is 3.60. The van der Waals surface area contributed by atoms with Crippen molar-refractivity contribution in [3.05, 3.63) is 58.2 Å². The Morgan fingerprint density at radius 1 is 0.774 bits per heavy atom. The van der Waals surface area contributed by atoms with Gasteiger partial charge in [-0.1, -0.05) is 58.6 Å². The van der Waals surface area contributed by atoms with Gasteiger partial charge >= 0.3 is 0 Å². The predicted octanol–water partition coefficient (Wildman–Crippen LogP) is 9.04. The van der Waals surface area contributed by atoms with Gasteiger partial charge in [-0.25, -0.2) is 0 Å². The standard InChI is InChI=1S/C30H46O/c1-9-28(22-20-24(2)3)19-13-18-26(5)15-11-10-14-25(4)16-12-17-27(6)21-23-29-30(7,8)31-29/h1,14-15,17,19-20,29H,10-13,16,18,21-23H2,2-8H3/b25-14?,26-15+,27-17+,28-19-. The SMILES string of the molecule is C#C/C(=C/CC/C(C)=C/CCC=C(C)CC/C=C(\C)CCC1OC1(C)C)CC=C(C)C. The van der Waals surface area contributed by atoms with Crippen molar-refractivity contribution in [3.63, 3.8) is 0 Å². The number of terminal acetylenes is 1. The molecule has 1 rings (SSSR count). The van der Waals surface area contributed by atoms with E-state index in [0.29, 0.717) is 6.10 Å². The molecule has 0 saturated carbocycles. The highest BCUT2D eigenvalue weighted by Crippen LogP contribution is 2.38. The second kappa shape index (κ2) is 14.3. The van der Waals surface area contributed by atoms with Gasteiger partial charge in [-0.05, 0) is 106 Å². The summed E-state index contributed by atoms with van der Waals surface area (Å²) in [4.78, 5) is 0. The van der Waals surface area contributed by atoms with Crippen LogP contribution in [0.15, 0.2) is 58.2 Å². The molecule has 1 unspecified atom stereocenters. The molecule has 0 amide bonds. The van der Waals surface area contributed by atoms with Gasteiger partial charge in [0, 0.05) is 5.57 Å². The van der Waals surface area contributed by atoms with Gasteiger partial charge < -0.3 is 4.74 Å². The first-order valence-electron chi connectivity index (χ1n) is 12.1. The minimum atomic E-state index is 0.124. The van der Waals surface area contributed by atoms with Crippen LogP contribution in [0.3, 0.4) is 0 Å². The molecule has 0 spiro atoms. The molecule has 0 aromatic carbocycles. The van der Waals surface area contributed by atoms with Crippen molar-refractivity contribution >= 4 is 0 Å². The third kappa shape index (κ3) is 13.3. The number of unbranched alkanes of at least 4 members (excludes halogenated alkanes) is 1. The van der Waals surface area contributed by atoms with Crippen LogP contribution in [-0.2, 0) is 4.74 Å². The molecule has 0 radical (unpaired) electrons. The molecule has 1 atom stereocenters. The van der Waals surface area contributed by atoms with Crippen LogP contribution in [0.1, 0.15) is 106 Å². The highest BCUT2D eigenvalue weighted by atomic mass is 16.6. The molecule has 31 heavy (non-hydrogen) atoms. The number of epoxide rings is 1. The zero-order valence-electron chi connectivity index (χ0n) is 21.3. The molecule has 0 aliphatic carbocycles. The van der Waals surface area contributed by atoms with E-state index in [0.717, 1.165) is 63.4 Å². The first-order valence-corrected chi connectivity index (χ1v) is 12.1. The van der Waals surface area contributed by atoms with Crippen molar-refractivity contribution in [2.24, 2.45) is 0 Å². The van der Waals surface area contributed by atoms with E-state index >= 15 is 0 Å². The second-order valence-corrected chi connectivity index (χ2v) is 9.91. The lowest BCUT2D eigenvalue weighted by Crippen LogP contribution is -2.02. The molecule has 1 aliphatic heterocycles. The normalized spacial score (nSPS) is 19.2. The number of ether oxygens (including phenoxy) is 1. The summed E-state index contributed by atoms with van der Waals surface area (Å²) in [6.07, 6.45) is 27.6. The van der Waals surface area contributed by atoms with Gasteiger partial charge in [0.15, 0.2) is 0 Å². The van der Waals surface area contributed by atoms with Crippen molar-refractivity contribution < 1.29 is 4.74 Å². The lowest BCUT2D eigenvalue weighted by molar-refractivity contribution is 0.320. The van der Waals surface area contributed by atoms with Gasteiger partial charge in [0.2, 0.25) is 0 Å². The molecular formula is C30H46O. The lowest BCUT2D eigenvalue weighted by atomic mass is 10.0. The molecule has 172 valence electrons. The van der Waals surface area contributed by atoms with Crippen molar-refractivity contribution in [1.29, 1.82) is 0 Å². The summed E-state index contributed by atoms with van der Waals surface area (Å²) in [6.45, 7) is 15.3. The van der Waals surface area contributed by atoms with E-state index in [1.54, 1.807) is 0 Å². The number of rotatable bonds is 14. The minimum absolute atomic E-state index is 0.124. The van der Waals surface area contributed by atoms with E-state index in [-0.39, 0.29) is 5.60 Å². The maximum atomic E-state index is 5.67.